The van der Waals surface area contributed by atoms with Crippen molar-refractivity contribution in [2.75, 3.05) is 36.4 Å². The smallest absolute Gasteiger partial charge is 0.255 e. The van der Waals surface area contributed by atoms with Gasteiger partial charge in [-0.2, -0.15) is 0 Å². The second kappa shape index (κ2) is 8.09. The van der Waals surface area contributed by atoms with Crippen molar-refractivity contribution in [1.82, 2.24) is 4.90 Å². The molecule has 142 valence electrons. The quantitative estimate of drug-likeness (QED) is 0.882. The molecule has 1 heterocycles. The van der Waals surface area contributed by atoms with Gasteiger partial charge in [-0.15, -0.1) is 0 Å². The topological polar surface area (TPSA) is 35.6 Å². The molecule has 5 heteroatoms. The number of anilines is 2. The number of benzene rings is 2. The molecule has 2 aromatic carbocycles. The van der Waals surface area contributed by atoms with Crippen LogP contribution in [0.25, 0.3) is 0 Å². The molecule has 0 radical (unpaired) electrons. The van der Waals surface area contributed by atoms with E-state index in [4.69, 9.17) is 0 Å². The Bertz CT molecular complexity index is 778. The number of nitrogens with one attached hydrogen (secondary N) is 1. The van der Waals surface area contributed by atoms with E-state index in [2.05, 4.69) is 15.1 Å². The molecular weight excluding hydrogens is 341 g/mol. The predicted octanol–water partition coefficient (Wildman–Crippen LogP) is 4.14. The van der Waals surface area contributed by atoms with E-state index < -0.39 is 5.82 Å². The molecule has 1 amide bonds. The van der Waals surface area contributed by atoms with Crippen LogP contribution in [0.1, 0.15) is 36.0 Å². The maximum atomic E-state index is 13.3. The standard InChI is InChI=1S/C22H26FN3O/c23-18-5-3-4-17(16-18)22(27)24-19-8-10-21(11-9-19)26-14-12-25(13-15-26)20-6-1-2-7-20/h3-5,8-11,16,20H,1-2,6-7,12-15H2,(H,24,27). The van der Waals surface area contributed by atoms with E-state index in [9.17, 15) is 9.18 Å². The second-order valence-electron chi connectivity index (χ2n) is 7.47. The third kappa shape index (κ3) is 4.30. The Morgan fingerprint density at radius 2 is 1.67 bits per heavy atom. The average molecular weight is 367 g/mol. The van der Waals surface area contributed by atoms with Gasteiger partial charge in [0.15, 0.2) is 0 Å². The first-order valence-electron chi connectivity index (χ1n) is 9.85. The van der Waals surface area contributed by atoms with Crippen molar-refractivity contribution in [3.05, 3.63) is 59.9 Å². The lowest BCUT2D eigenvalue weighted by molar-refractivity contribution is 0.102. The zero-order valence-corrected chi connectivity index (χ0v) is 15.5. The normalized spacial score (nSPS) is 18.6. The summed E-state index contributed by atoms with van der Waals surface area (Å²) in [5.74, 6) is -0.706. The van der Waals surface area contributed by atoms with Crippen molar-refractivity contribution >= 4 is 17.3 Å². The highest BCUT2D eigenvalue weighted by Gasteiger charge is 2.26. The van der Waals surface area contributed by atoms with Crippen molar-refractivity contribution in [3.63, 3.8) is 0 Å². The highest BCUT2D eigenvalue weighted by atomic mass is 19.1. The van der Waals surface area contributed by atoms with E-state index in [0.717, 1.165) is 37.9 Å². The van der Waals surface area contributed by atoms with Gasteiger partial charge in [-0.3, -0.25) is 9.69 Å². The number of rotatable bonds is 4. The van der Waals surface area contributed by atoms with Gasteiger partial charge in [0.2, 0.25) is 0 Å². The minimum atomic E-state index is -0.408. The van der Waals surface area contributed by atoms with Crippen molar-refractivity contribution in [2.45, 2.75) is 31.7 Å². The summed E-state index contributed by atoms with van der Waals surface area (Å²) in [7, 11) is 0. The highest BCUT2D eigenvalue weighted by molar-refractivity contribution is 6.04. The van der Waals surface area contributed by atoms with Crippen LogP contribution >= 0.6 is 0 Å². The first kappa shape index (κ1) is 18.0. The summed E-state index contributed by atoms with van der Waals surface area (Å²) in [6, 6.07) is 14.4. The Morgan fingerprint density at radius 1 is 0.963 bits per heavy atom. The average Bonchev–Trinajstić information content (AvgIpc) is 3.24. The highest BCUT2D eigenvalue weighted by Crippen LogP contribution is 2.26. The molecule has 1 saturated heterocycles. The Kier molecular flexibility index (Phi) is 5.39. The summed E-state index contributed by atoms with van der Waals surface area (Å²) in [4.78, 5) is 17.3. The second-order valence-corrected chi connectivity index (χ2v) is 7.47. The van der Waals surface area contributed by atoms with Crippen molar-refractivity contribution < 1.29 is 9.18 Å². The lowest BCUT2D eigenvalue weighted by atomic mass is 10.1. The number of halogens is 1. The van der Waals surface area contributed by atoms with Crippen molar-refractivity contribution in [1.29, 1.82) is 0 Å². The molecule has 1 N–H and O–H groups in total. The zero-order valence-electron chi connectivity index (χ0n) is 15.5. The van der Waals surface area contributed by atoms with Crippen LogP contribution in [0.4, 0.5) is 15.8 Å². The molecule has 0 bridgehead atoms. The molecular formula is C22H26FN3O. The van der Waals surface area contributed by atoms with E-state index in [0.29, 0.717) is 5.56 Å². The summed E-state index contributed by atoms with van der Waals surface area (Å²) in [5, 5.41) is 2.83. The van der Waals surface area contributed by atoms with Gasteiger partial charge >= 0.3 is 0 Å². The summed E-state index contributed by atoms with van der Waals surface area (Å²) in [6.07, 6.45) is 5.49. The predicted molar refractivity (Wildman–Crippen MR) is 107 cm³/mol. The zero-order chi connectivity index (χ0) is 18.6. The molecule has 1 aliphatic carbocycles. The van der Waals surface area contributed by atoms with Crippen LogP contribution in [0, 0.1) is 5.82 Å². The van der Waals surface area contributed by atoms with Crippen LogP contribution in [-0.4, -0.2) is 43.0 Å². The minimum absolute atomic E-state index is 0.299. The molecule has 27 heavy (non-hydrogen) atoms. The maximum Gasteiger partial charge on any atom is 0.255 e. The fraction of sp³-hybridized carbons (Fsp3) is 0.409. The number of hydrogen-bond acceptors (Lipinski definition) is 3. The Hall–Kier alpha value is -2.40. The number of amides is 1. The fourth-order valence-electron chi connectivity index (χ4n) is 4.20. The SMILES string of the molecule is O=C(Nc1ccc(N2CCN(C3CCCC3)CC2)cc1)c1cccc(F)c1. The van der Waals surface area contributed by atoms with Crippen molar-refractivity contribution in [3.8, 4) is 0 Å². The monoisotopic (exact) mass is 367 g/mol. The lowest BCUT2D eigenvalue weighted by Gasteiger charge is -2.39. The number of carbonyl (C=O) groups is 1. The largest absolute Gasteiger partial charge is 0.369 e. The van der Waals surface area contributed by atoms with Crippen LogP contribution in [0.5, 0.6) is 0 Å². The minimum Gasteiger partial charge on any atom is -0.369 e. The Balaban J connectivity index is 1.33. The molecule has 1 saturated carbocycles. The van der Waals surface area contributed by atoms with Crippen LogP contribution < -0.4 is 10.2 Å². The molecule has 0 atom stereocenters. The molecule has 0 aromatic heterocycles. The number of piperazine rings is 1. The van der Waals surface area contributed by atoms with E-state index in [1.807, 2.05) is 24.3 Å². The van der Waals surface area contributed by atoms with E-state index >= 15 is 0 Å². The molecule has 4 nitrogen and oxygen atoms in total. The third-order valence-electron chi connectivity index (χ3n) is 5.73. The molecule has 0 spiro atoms. The summed E-state index contributed by atoms with van der Waals surface area (Å²) in [5.41, 5.74) is 2.23. The van der Waals surface area contributed by atoms with E-state index in [-0.39, 0.29) is 5.91 Å². The van der Waals surface area contributed by atoms with E-state index in [1.54, 1.807) is 12.1 Å². The summed E-state index contributed by atoms with van der Waals surface area (Å²) in [6.45, 7) is 4.35. The van der Waals surface area contributed by atoms with Gasteiger partial charge in [0.05, 0.1) is 0 Å². The van der Waals surface area contributed by atoms with Crippen LogP contribution in [0.15, 0.2) is 48.5 Å². The van der Waals surface area contributed by atoms with Gasteiger partial charge in [0.1, 0.15) is 5.82 Å². The number of hydrogen-bond donors (Lipinski definition) is 1. The Labute approximate surface area is 160 Å². The van der Waals surface area contributed by atoms with Gasteiger partial charge in [0, 0.05) is 49.2 Å². The van der Waals surface area contributed by atoms with E-state index in [1.165, 1.54) is 43.5 Å². The lowest BCUT2D eigenvalue weighted by Crippen LogP contribution is -2.49. The Morgan fingerprint density at radius 3 is 2.33 bits per heavy atom. The van der Waals surface area contributed by atoms with Gasteiger partial charge in [0.25, 0.3) is 5.91 Å². The molecule has 2 aromatic rings. The van der Waals surface area contributed by atoms with Crippen molar-refractivity contribution in [2.24, 2.45) is 0 Å². The van der Waals surface area contributed by atoms with Gasteiger partial charge in [-0.25, -0.2) is 4.39 Å². The molecule has 1 aliphatic heterocycles. The van der Waals surface area contributed by atoms with Gasteiger partial charge in [-0.1, -0.05) is 18.9 Å². The van der Waals surface area contributed by atoms with Crippen LogP contribution in [0.3, 0.4) is 0 Å². The first-order valence-corrected chi connectivity index (χ1v) is 9.85. The number of carbonyl (C=O) groups excluding carboxylic acids is 1. The fourth-order valence-corrected chi connectivity index (χ4v) is 4.20. The molecule has 4 rings (SSSR count). The van der Waals surface area contributed by atoms with Gasteiger partial charge in [-0.05, 0) is 55.3 Å². The summed E-state index contributed by atoms with van der Waals surface area (Å²) >= 11 is 0. The molecule has 0 unspecified atom stereocenters. The van der Waals surface area contributed by atoms with Crippen LogP contribution in [-0.2, 0) is 0 Å². The third-order valence-corrected chi connectivity index (χ3v) is 5.73. The number of nitrogens with zero attached hydrogens (tertiary/aromatic N) is 2. The summed E-state index contributed by atoms with van der Waals surface area (Å²) < 4.78 is 13.3. The van der Waals surface area contributed by atoms with Crippen LogP contribution in [0.2, 0.25) is 0 Å². The molecule has 2 aliphatic rings. The maximum absolute atomic E-state index is 13.3. The molecule has 2 fully saturated rings. The first-order chi connectivity index (χ1) is 13.2. The van der Waals surface area contributed by atoms with Gasteiger partial charge < -0.3 is 10.2 Å².